The highest BCUT2D eigenvalue weighted by molar-refractivity contribution is 5.37. The Morgan fingerprint density at radius 3 is 2.42 bits per heavy atom. The van der Waals surface area contributed by atoms with Crippen molar-refractivity contribution in [2.24, 2.45) is 0 Å². The molecule has 0 amide bonds. The van der Waals surface area contributed by atoms with E-state index >= 15 is 0 Å². The van der Waals surface area contributed by atoms with Gasteiger partial charge < -0.3 is 5.11 Å². The molecule has 4 rings (SSSR count). The summed E-state index contributed by atoms with van der Waals surface area (Å²) >= 11 is 0. The van der Waals surface area contributed by atoms with Gasteiger partial charge in [0.2, 0.25) is 0 Å². The standard InChI is InChI=1S/C22H23N3O/c26-22(12-11-19-9-4-5-10-20(19)22)17-25(15-18-7-2-1-3-8-18)16-21-23-13-6-14-24-21/h1-10,13-14,26H,11-12,15-17H2/t22-/m0/s1. The molecule has 1 heterocycles. The first-order valence-electron chi connectivity index (χ1n) is 9.06. The molecule has 0 saturated carbocycles. The van der Waals surface area contributed by atoms with Crippen LogP contribution in [0.1, 0.15) is 28.9 Å². The number of hydrogen-bond acceptors (Lipinski definition) is 4. The lowest BCUT2D eigenvalue weighted by Gasteiger charge is -2.32. The van der Waals surface area contributed by atoms with Crippen LogP contribution >= 0.6 is 0 Å². The van der Waals surface area contributed by atoms with E-state index in [1.54, 1.807) is 12.4 Å². The quantitative estimate of drug-likeness (QED) is 0.745. The fourth-order valence-electron chi connectivity index (χ4n) is 3.82. The van der Waals surface area contributed by atoms with Gasteiger partial charge in [0.05, 0.1) is 6.54 Å². The second-order valence-corrected chi connectivity index (χ2v) is 6.98. The normalized spacial score (nSPS) is 18.8. The predicted molar refractivity (Wildman–Crippen MR) is 101 cm³/mol. The Kier molecular flexibility index (Phi) is 4.78. The first-order valence-corrected chi connectivity index (χ1v) is 9.06. The van der Waals surface area contributed by atoms with Crippen molar-refractivity contribution in [1.82, 2.24) is 14.9 Å². The summed E-state index contributed by atoms with van der Waals surface area (Å²) in [7, 11) is 0. The fraction of sp³-hybridized carbons (Fsp3) is 0.273. The summed E-state index contributed by atoms with van der Waals surface area (Å²) in [5.74, 6) is 0.776. The maximum absolute atomic E-state index is 11.4. The molecule has 3 aromatic rings. The van der Waals surface area contributed by atoms with Crippen LogP contribution in [0.4, 0.5) is 0 Å². The lowest BCUT2D eigenvalue weighted by molar-refractivity contribution is -0.00495. The van der Waals surface area contributed by atoms with E-state index in [0.29, 0.717) is 13.1 Å². The minimum atomic E-state index is -0.819. The molecule has 0 fully saturated rings. The van der Waals surface area contributed by atoms with Gasteiger partial charge in [0.15, 0.2) is 0 Å². The molecule has 0 spiro atoms. The third-order valence-electron chi connectivity index (χ3n) is 5.05. The molecular formula is C22H23N3O. The molecule has 1 atom stereocenters. The largest absolute Gasteiger partial charge is 0.384 e. The third-order valence-corrected chi connectivity index (χ3v) is 5.05. The Labute approximate surface area is 154 Å². The SMILES string of the molecule is O[C@]1(CN(Cc2ccccc2)Cc2ncccn2)CCc2ccccc21. The van der Waals surface area contributed by atoms with E-state index in [0.717, 1.165) is 30.8 Å². The van der Waals surface area contributed by atoms with Gasteiger partial charge in [-0.3, -0.25) is 4.90 Å². The number of fused-ring (bicyclic) bond motifs is 1. The van der Waals surface area contributed by atoms with Crippen LogP contribution < -0.4 is 0 Å². The van der Waals surface area contributed by atoms with Gasteiger partial charge in [-0.25, -0.2) is 9.97 Å². The molecule has 132 valence electrons. The topological polar surface area (TPSA) is 49.2 Å². The Morgan fingerprint density at radius 1 is 0.885 bits per heavy atom. The van der Waals surface area contributed by atoms with Crippen molar-refractivity contribution >= 4 is 0 Å². The zero-order valence-corrected chi connectivity index (χ0v) is 14.8. The number of nitrogens with zero attached hydrogens (tertiary/aromatic N) is 3. The highest BCUT2D eigenvalue weighted by Gasteiger charge is 2.38. The van der Waals surface area contributed by atoms with Crippen LogP contribution in [0.5, 0.6) is 0 Å². The number of hydrogen-bond donors (Lipinski definition) is 1. The number of aliphatic hydroxyl groups is 1. The fourth-order valence-corrected chi connectivity index (χ4v) is 3.82. The average molecular weight is 345 g/mol. The molecule has 0 radical (unpaired) electrons. The zero-order chi connectivity index (χ0) is 17.8. The highest BCUT2D eigenvalue weighted by atomic mass is 16.3. The van der Waals surface area contributed by atoms with E-state index < -0.39 is 5.60 Å². The van der Waals surface area contributed by atoms with Crippen LogP contribution in [0.15, 0.2) is 73.1 Å². The molecule has 0 saturated heterocycles. The van der Waals surface area contributed by atoms with Crippen LogP contribution in [-0.2, 0) is 25.1 Å². The van der Waals surface area contributed by atoms with Crippen molar-refractivity contribution in [3.05, 3.63) is 95.6 Å². The molecule has 4 heteroatoms. The van der Waals surface area contributed by atoms with Crippen molar-refractivity contribution in [3.63, 3.8) is 0 Å². The zero-order valence-electron chi connectivity index (χ0n) is 14.8. The lowest BCUT2D eigenvalue weighted by atomic mass is 9.95. The Balaban J connectivity index is 1.58. The number of aromatic nitrogens is 2. The number of benzene rings is 2. The van der Waals surface area contributed by atoms with Gasteiger partial charge in [-0.1, -0.05) is 54.6 Å². The Morgan fingerprint density at radius 2 is 1.62 bits per heavy atom. The summed E-state index contributed by atoms with van der Waals surface area (Å²) in [5.41, 5.74) is 2.72. The molecule has 4 nitrogen and oxygen atoms in total. The van der Waals surface area contributed by atoms with Crippen LogP contribution in [0.25, 0.3) is 0 Å². The van der Waals surface area contributed by atoms with Crippen molar-refractivity contribution in [3.8, 4) is 0 Å². The van der Waals surface area contributed by atoms with Gasteiger partial charge in [0, 0.05) is 25.5 Å². The van der Waals surface area contributed by atoms with Gasteiger partial charge in [-0.2, -0.15) is 0 Å². The highest BCUT2D eigenvalue weighted by Crippen LogP contribution is 2.37. The van der Waals surface area contributed by atoms with Crippen molar-refractivity contribution in [1.29, 1.82) is 0 Å². The summed E-state index contributed by atoms with van der Waals surface area (Å²) in [6.07, 6.45) is 5.21. The summed E-state index contributed by atoms with van der Waals surface area (Å²) in [6, 6.07) is 20.4. The van der Waals surface area contributed by atoms with Gasteiger partial charge in [-0.05, 0) is 35.6 Å². The van der Waals surface area contributed by atoms with E-state index in [1.807, 2.05) is 36.4 Å². The van der Waals surface area contributed by atoms with Crippen molar-refractivity contribution in [2.45, 2.75) is 31.5 Å². The van der Waals surface area contributed by atoms with Crippen LogP contribution in [0.3, 0.4) is 0 Å². The second-order valence-electron chi connectivity index (χ2n) is 6.98. The van der Waals surface area contributed by atoms with Gasteiger partial charge in [-0.15, -0.1) is 0 Å². The van der Waals surface area contributed by atoms with Gasteiger partial charge >= 0.3 is 0 Å². The average Bonchev–Trinajstić information content (AvgIpc) is 3.00. The molecule has 26 heavy (non-hydrogen) atoms. The van der Waals surface area contributed by atoms with Gasteiger partial charge in [0.1, 0.15) is 11.4 Å². The Hall–Kier alpha value is -2.56. The van der Waals surface area contributed by atoms with E-state index in [2.05, 4.69) is 39.1 Å². The summed E-state index contributed by atoms with van der Waals surface area (Å²) < 4.78 is 0. The summed E-state index contributed by atoms with van der Waals surface area (Å²) in [5, 5.41) is 11.4. The molecule has 1 aromatic heterocycles. The van der Waals surface area contributed by atoms with E-state index in [4.69, 9.17) is 0 Å². The van der Waals surface area contributed by atoms with E-state index in [9.17, 15) is 5.11 Å². The monoisotopic (exact) mass is 345 g/mol. The minimum absolute atomic E-state index is 0.567. The molecule has 0 bridgehead atoms. The molecule has 2 aromatic carbocycles. The van der Waals surface area contributed by atoms with Gasteiger partial charge in [0.25, 0.3) is 0 Å². The molecular weight excluding hydrogens is 322 g/mol. The molecule has 0 unspecified atom stereocenters. The van der Waals surface area contributed by atoms with Crippen LogP contribution in [-0.4, -0.2) is 26.5 Å². The van der Waals surface area contributed by atoms with E-state index in [-0.39, 0.29) is 0 Å². The first kappa shape index (κ1) is 16.9. The first-order chi connectivity index (χ1) is 12.7. The predicted octanol–water partition coefficient (Wildman–Crippen LogP) is 3.31. The van der Waals surface area contributed by atoms with Crippen molar-refractivity contribution in [2.75, 3.05) is 6.54 Å². The maximum atomic E-state index is 11.4. The van der Waals surface area contributed by atoms with Crippen molar-refractivity contribution < 1.29 is 5.11 Å². The molecule has 1 aliphatic carbocycles. The Bertz CT molecular complexity index is 812. The lowest BCUT2D eigenvalue weighted by Crippen LogP contribution is -2.39. The van der Waals surface area contributed by atoms with E-state index in [1.165, 1.54) is 11.1 Å². The van der Waals surface area contributed by atoms with Crippen LogP contribution in [0.2, 0.25) is 0 Å². The smallest absolute Gasteiger partial charge is 0.142 e. The summed E-state index contributed by atoms with van der Waals surface area (Å²) in [4.78, 5) is 11.0. The number of rotatable bonds is 6. The minimum Gasteiger partial charge on any atom is -0.384 e. The third kappa shape index (κ3) is 3.66. The maximum Gasteiger partial charge on any atom is 0.142 e. The molecule has 1 aliphatic rings. The second kappa shape index (κ2) is 7.36. The van der Waals surface area contributed by atoms with Crippen LogP contribution in [0, 0.1) is 0 Å². The number of aryl methyl sites for hydroxylation is 1. The summed E-state index contributed by atoms with van der Waals surface area (Å²) in [6.45, 7) is 1.93. The molecule has 0 aliphatic heterocycles. The molecule has 1 N–H and O–H groups in total.